The van der Waals surface area contributed by atoms with E-state index in [1.165, 1.54) is 7.11 Å². The summed E-state index contributed by atoms with van der Waals surface area (Å²) in [5.74, 6) is 0.289. The van der Waals surface area contributed by atoms with Gasteiger partial charge in [0.25, 0.3) is 0 Å². The fourth-order valence-electron chi connectivity index (χ4n) is 3.92. The fourth-order valence-corrected chi connectivity index (χ4v) is 5.78. The van der Waals surface area contributed by atoms with Crippen LogP contribution in [-0.4, -0.2) is 27.8 Å². The Balaban J connectivity index is 1.63. The van der Waals surface area contributed by atoms with Crippen LogP contribution in [0.25, 0.3) is 0 Å². The molecular formula is C25H24Cl3N3O3S. The summed E-state index contributed by atoms with van der Waals surface area (Å²) in [5.41, 5.74) is 3.20. The van der Waals surface area contributed by atoms with Gasteiger partial charge in [-0.2, -0.15) is 5.10 Å². The molecule has 0 amide bonds. The van der Waals surface area contributed by atoms with Crippen LogP contribution in [0.1, 0.15) is 30.5 Å². The molecule has 1 aliphatic rings. The Morgan fingerprint density at radius 1 is 1.03 bits per heavy atom. The first kappa shape index (κ1) is 25.8. The molecule has 0 spiro atoms. The molecule has 184 valence electrons. The number of nitrogens with one attached hydrogen (secondary N) is 1. The predicted molar refractivity (Wildman–Crippen MR) is 143 cm³/mol. The van der Waals surface area contributed by atoms with E-state index >= 15 is 0 Å². The minimum atomic E-state index is -3.84. The van der Waals surface area contributed by atoms with E-state index in [9.17, 15) is 8.42 Å². The maximum Gasteiger partial charge on any atom is 0.244 e. The van der Waals surface area contributed by atoms with Crippen LogP contribution in [0.4, 0.5) is 5.69 Å². The first-order chi connectivity index (χ1) is 16.7. The molecule has 0 bridgehead atoms. The highest BCUT2D eigenvalue weighted by atomic mass is 35.5. The number of benzene rings is 3. The molecule has 6 nitrogen and oxygen atoms in total. The number of hydrogen-bond donors (Lipinski definition) is 1. The van der Waals surface area contributed by atoms with Gasteiger partial charge in [0.2, 0.25) is 10.0 Å². The summed E-state index contributed by atoms with van der Waals surface area (Å²) in [6.07, 6.45) is 1.20. The van der Waals surface area contributed by atoms with E-state index in [1.54, 1.807) is 35.3 Å². The third-order valence-corrected chi connectivity index (χ3v) is 7.99. The van der Waals surface area contributed by atoms with Gasteiger partial charge in [-0.25, -0.2) is 13.1 Å². The van der Waals surface area contributed by atoms with Gasteiger partial charge < -0.3 is 4.74 Å². The van der Waals surface area contributed by atoms with E-state index in [2.05, 4.69) is 4.72 Å². The fraction of sp³-hybridized carbons (Fsp3) is 0.240. The van der Waals surface area contributed by atoms with Crippen molar-refractivity contribution in [2.24, 2.45) is 5.10 Å². The molecule has 0 radical (unpaired) electrons. The van der Waals surface area contributed by atoms with Crippen LogP contribution in [0.2, 0.25) is 15.1 Å². The summed E-state index contributed by atoms with van der Waals surface area (Å²) in [7, 11) is -2.39. The van der Waals surface area contributed by atoms with Gasteiger partial charge in [-0.1, -0.05) is 59.9 Å². The number of nitrogens with zero attached hydrogens (tertiary/aromatic N) is 2. The van der Waals surface area contributed by atoms with Crippen molar-refractivity contribution in [3.8, 4) is 5.75 Å². The lowest BCUT2D eigenvalue weighted by Crippen LogP contribution is -2.29. The molecule has 35 heavy (non-hydrogen) atoms. The number of anilines is 1. The van der Waals surface area contributed by atoms with Gasteiger partial charge in [-0.3, -0.25) is 5.01 Å². The molecular weight excluding hydrogens is 529 g/mol. The molecule has 1 heterocycles. The number of halogens is 3. The van der Waals surface area contributed by atoms with Gasteiger partial charge in [-0.05, 0) is 60.0 Å². The molecule has 1 N–H and O–H groups in total. The molecule has 3 aromatic rings. The summed E-state index contributed by atoms with van der Waals surface area (Å²) >= 11 is 18.7. The summed E-state index contributed by atoms with van der Waals surface area (Å²) < 4.78 is 34.3. The molecule has 3 aromatic carbocycles. The summed E-state index contributed by atoms with van der Waals surface area (Å²) in [4.78, 5) is 0.102. The zero-order chi connectivity index (χ0) is 25.2. The number of ether oxygens (including phenoxy) is 1. The van der Waals surface area contributed by atoms with Crippen LogP contribution in [0.5, 0.6) is 5.75 Å². The Morgan fingerprint density at radius 3 is 2.40 bits per heavy atom. The van der Waals surface area contributed by atoms with Crippen LogP contribution < -0.4 is 14.5 Å². The summed E-state index contributed by atoms with van der Waals surface area (Å²) in [6.45, 7) is 2.00. The molecule has 10 heteroatoms. The molecule has 1 aliphatic heterocycles. The first-order valence-electron chi connectivity index (χ1n) is 10.9. The van der Waals surface area contributed by atoms with Crippen LogP contribution in [0.15, 0.2) is 70.7 Å². The molecule has 4 rings (SSSR count). The number of hydrazone groups is 1. The number of hydrogen-bond acceptors (Lipinski definition) is 5. The lowest BCUT2D eigenvalue weighted by Gasteiger charge is -2.25. The number of sulfonamides is 1. The van der Waals surface area contributed by atoms with Crippen LogP contribution >= 0.6 is 34.8 Å². The van der Waals surface area contributed by atoms with Gasteiger partial charge in [-0.15, -0.1) is 0 Å². The van der Waals surface area contributed by atoms with Crippen molar-refractivity contribution in [1.29, 1.82) is 0 Å². The summed E-state index contributed by atoms with van der Waals surface area (Å²) in [5, 5.41) is 8.12. The number of methoxy groups -OCH3 is 1. The Hall–Kier alpha value is -2.29. The Bertz CT molecular complexity index is 1360. The van der Waals surface area contributed by atoms with Crippen molar-refractivity contribution in [2.75, 3.05) is 18.7 Å². The Labute approximate surface area is 220 Å². The Kier molecular flexibility index (Phi) is 7.93. The van der Waals surface area contributed by atoms with Gasteiger partial charge >= 0.3 is 0 Å². The van der Waals surface area contributed by atoms with E-state index in [0.717, 1.165) is 11.1 Å². The third-order valence-electron chi connectivity index (χ3n) is 5.78. The average molecular weight is 553 g/mol. The third kappa shape index (κ3) is 5.76. The standard InChI is InChI=1S/C25H24Cl3N3O3S/c1-3-16-4-11-24(34-2)25(12-16)35(32,33)29-15-20-14-23(17-5-7-18(26)8-6-17)31(30-20)22-10-9-19(27)13-21(22)28/h4-13,23,29H,3,14-15H2,1-2H3. The smallest absolute Gasteiger partial charge is 0.244 e. The van der Waals surface area contributed by atoms with Crippen molar-refractivity contribution < 1.29 is 13.2 Å². The highest BCUT2D eigenvalue weighted by Gasteiger charge is 2.31. The first-order valence-corrected chi connectivity index (χ1v) is 13.6. The van der Waals surface area contributed by atoms with Crippen molar-refractivity contribution >= 4 is 56.2 Å². The minimum absolute atomic E-state index is 0.0354. The molecule has 0 aromatic heterocycles. The molecule has 0 fully saturated rings. The highest BCUT2D eigenvalue weighted by molar-refractivity contribution is 7.89. The normalized spacial score (nSPS) is 15.9. The zero-order valence-electron chi connectivity index (χ0n) is 19.1. The van der Waals surface area contributed by atoms with Crippen LogP contribution in [0.3, 0.4) is 0 Å². The van der Waals surface area contributed by atoms with Crippen LogP contribution in [0, 0.1) is 0 Å². The van der Waals surface area contributed by atoms with E-state index in [1.807, 2.05) is 37.3 Å². The van der Waals surface area contributed by atoms with E-state index in [0.29, 0.717) is 39.3 Å². The maximum absolute atomic E-state index is 13.2. The maximum atomic E-state index is 13.2. The van der Waals surface area contributed by atoms with Crippen LogP contribution in [-0.2, 0) is 16.4 Å². The second-order valence-electron chi connectivity index (χ2n) is 8.04. The lowest BCUT2D eigenvalue weighted by atomic mass is 10.0. The molecule has 0 saturated heterocycles. The monoisotopic (exact) mass is 551 g/mol. The number of aryl methyl sites for hydroxylation is 1. The van der Waals surface area contributed by atoms with Gasteiger partial charge in [0.15, 0.2) is 0 Å². The van der Waals surface area contributed by atoms with E-state index < -0.39 is 10.0 Å². The second kappa shape index (κ2) is 10.8. The van der Waals surface area contributed by atoms with Gasteiger partial charge in [0.05, 0.1) is 36.1 Å². The van der Waals surface area contributed by atoms with E-state index in [4.69, 9.17) is 44.6 Å². The molecule has 0 aliphatic carbocycles. The van der Waals surface area contributed by atoms with Crippen molar-refractivity contribution in [3.05, 3.63) is 86.9 Å². The van der Waals surface area contributed by atoms with Gasteiger partial charge in [0, 0.05) is 16.5 Å². The predicted octanol–water partition coefficient (Wildman–Crippen LogP) is 6.50. The van der Waals surface area contributed by atoms with Crippen molar-refractivity contribution in [1.82, 2.24) is 4.72 Å². The summed E-state index contributed by atoms with van der Waals surface area (Å²) in [6, 6.07) is 17.6. The lowest BCUT2D eigenvalue weighted by molar-refractivity contribution is 0.402. The van der Waals surface area contributed by atoms with E-state index in [-0.39, 0.29) is 23.2 Å². The average Bonchev–Trinajstić information content (AvgIpc) is 3.27. The molecule has 1 unspecified atom stereocenters. The second-order valence-corrected chi connectivity index (χ2v) is 11.1. The zero-order valence-corrected chi connectivity index (χ0v) is 22.2. The highest BCUT2D eigenvalue weighted by Crippen LogP contribution is 2.40. The molecule has 0 saturated carbocycles. The molecule has 1 atom stereocenters. The van der Waals surface area contributed by atoms with Crippen molar-refractivity contribution in [3.63, 3.8) is 0 Å². The van der Waals surface area contributed by atoms with Crippen molar-refractivity contribution in [2.45, 2.75) is 30.7 Å². The largest absolute Gasteiger partial charge is 0.495 e. The SMILES string of the molecule is CCc1ccc(OC)c(S(=O)(=O)NCC2=NN(c3ccc(Cl)cc3Cl)C(c3ccc(Cl)cc3)C2)c1. The topological polar surface area (TPSA) is 71.0 Å². The number of rotatable bonds is 8. The van der Waals surface area contributed by atoms with Gasteiger partial charge in [0.1, 0.15) is 10.6 Å². The quantitative estimate of drug-likeness (QED) is 0.346. The Morgan fingerprint density at radius 2 is 1.74 bits per heavy atom. The minimum Gasteiger partial charge on any atom is -0.495 e.